The van der Waals surface area contributed by atoms with E-state index in [-0.39, 0.29) is 11.8 Å². The van der Waals surface area contributed by atoms with Crippen molar-refractivity contribution in [1.82, 2.24) is 9.88 Å². The van der Waals surface area contributed by atoms with Crippen LogP contribution in [-0.4, -0.2) is 28.2 Å². The van der Waals surface area contributed by atoms with Gasteiger partial charge in [0.05, 0.1) is 0 Å². The van der Waals surface area contributed by atoms with E-state index in [1.807, 2.05) is 60.8 Å². The Morgan fingerprint density at radius 1 is 1.08 bits per heavy atom. The SMILES string of the molecule is O=C(Nc1ccccc1)[C@@H](c1c[nH]c2ccccc12)N1CCC1=O. The van der Waals surface area contributed by atoms with E-state index in [0.29, 0.717) is 13.0 Å². The van der Waals surface area contributed by atoms with Gasteiger partial charge in [-0.15, -0.1) is 0 Å². The number of β-lactam (4-membered cyclic amide) rings is 1. The van der Waals surface area contributed by atoms with Crippen LogP contribution in [0.1, 0.15) is 18.0 Å². The Labute approximate surface area is 139 Å². The molecule has 1 saturated heterocycles. The molecule has 1 atom stereocenters. The highest BCUT2D eigenvalue weighted by Gasteiger charge is 2.37. The number of carbonyl (C=O) groups excluding carboxylic acids is 2. The number of aromatic nitrogens is 1. The highest BCUT2D eigenvalue weighted by atomic mass is 16.2. The van der Waals surface area contributed by atoms with Gasteiger partial charge in [0.25, 0.3) is 5.91 Å². The molecule has 1 fully saturated rings. The fourth-order valence-corrected chi connectivity index (χ4v) is 3.11. The molecule has 5 heteroatoms. The van der Waals surface area contributed by atoms with Gasteiger partial charge in [0.1, 0.15) is 6.04 Å². The lowest BCUT2D eigenvalue weighted by Crippen LogP contribution is -2.49. The number of hydrogen-bond donors (Lipinski definition) is 2. The Bertz CT molecular complexity index is 901. The van der Waals surface area contributed by atoms with E-state index in [1.165, 1.54) is 0 Å². The molecule has 0 spiro atoms. The molecule has 2 heterocycles. The average molecular weight is 319 g/mol. The molecular formula is C19H17N3O2. The summed E-state index contributed by atoms with van der Waals surface area (Å²) in [6.07, 6.45) is 2.32. The van der Waals surface area contributed by atoms with E-state index in [4.69, 9.17) is 0 Å². The molecule has 120 valence electrons. The van der Waals surface area contributed by atoms with Crippen LogP contribution < -0.4 is 5.32 Å². The summed E-state index contributed by atoms with van der Waals surface area (Å²) in [5, 5.41) is 3.88. The van der Waals surface area contributed by atoms with Gasteiger partial charge in [-0.3, -0.25) is 9.59 Å². The van der Waals surface area contributed by atoms with Crippen molar-refractivity contribution >= 4 is 28.4 Å². The van der Waals surface area contributed by atoms with Crippen molar-refractivity contribution in [3.8, 4) is 0 Å². The fraction of sp³-hybridized carbons (Fsp3) is 0.158. The van der Waals surface area contributed by atoms with Gasteiger partial charge in [0.2, 0.25) is 5.91 Å². The monoisotopic (exact) mass is 319 g/mol. The first kappa shape index (κ1) is 14.5. The molecule has 0 radical (unpaired) electrons. The van der Waals surface area contributed by atoms with Gasteiger partial charge >= 0.3 is 0 Å². The molecule has 2 aromatic carbocycles. The summed E-state index contributed by atoms with van der Waals surface area (Å²) in [4.78, 5) is 29.7. The first-order chi connectivity index (χ1) is 11.7. The molecule has 4 rings (SSSR count). The van der Waals surface area contributed by atoms with E-state index in [2.05, 4.69) is 10.3 Å². The Morgan fingerprint density at radius 3 is 2.54 bits per heavy atom. The normalized spacial score (nSPS) is 15.2. The van der Waals surface area contributed by atoms with Crippen LogP contribution in [0.4, 0.5) is 5.69 Å². The van der Waals surface area contributed by atoms with Crippen molar-refractivity contribution in [2.24, 2.45) is 0 Å². The predicted octanol–water partition coefficient (Wildman–Crippen LogP) is 3.08. The second-order valence-electron chi connectivity index (χ2n) is 5.88. The number of anilines is 1. The third-order valence-electron chi connectivity index (χ3n) is 4.40. The van der Waals surface area contributed by atoms with Gasteiger partial charge in [-0.05, 0) is 18.2 Å². The van der Waals surface area contributed by atoms with Crippen LogP contribution in [0.25, 0.3) is 10.9 Å². The van der Waals surface area contributed by atoms with Crippen molar-refractivity contribution in [3.63, 3.8) is 0 Å². The van der Waals surface area contributed by atoms with E-state index in [9.17, 15) is 9.59 Å². The summed E-state index contributed by atoms with van der Waals surface area (Å²) >= 11 is 0. The zero-order valence-corrected chi connectivity index (χ0v) is 13.0. The second kappa shape index (κ2) is 5.85. The van der Waals surface area contributed by atoms with Crippen molar-refractivity contribution in [2.75, 3.05) is 11.9 Å². The van der Waals surface area contributed by atoms with Gasteiger partial charge in [-0.25, -0.2) is 0 Å². The number of nitrogens with one attached hydrogen (secondary N) is 2. The quantitative estimate of drug-likeness (QED) is 0.726. The highest BCUT2D eigenvalue weighted by molar-refractivity contribution is 6.01. The smallest absolute Gasteiger partial charge is 0.251 e. The molecule has 0 bridgehead atoms. The molecule has 1 aromatic heterocycles. The summed E-state index contributed by atoms with van der Waals surface area (Å²) < 4.78 is 0. The summed E-state index contributed by atoms with van der Waals surface area (Å²) in [7, 11) is 0. The van der Waals surface area contributed by atoms with Crippen LogP contribution in [0.2, 0.25) is 0 Å². The molecule has 5 nitrogen and oxygen atoms in total. The molecule has 1 aliphatic heterocycles. The van der Waals surface area contributed by atoms with Crippen LogP contribution in [0.5, 0.6) is 0 Å². The summed E-state index contributed by atoms with van der Waals surface area (Å²) in [5.41, 5.74) is 2.50. The summed E-state index contributed by atoms with van der Waals surface area (Å²) in [6, 6.07) is 16.5. The Kier molecular flexibility index (Phi) is 3.54. The lowest BCUT2D eigenvalue weighted by atomic mass is 9.99. The minimum Gasteiger partial charge on any atom is -0.361 e. The van der Waals surface area contributed by atoms with Gasteiger partial charge in [0.15, 0.2) is 0 Å². The Hall–Kier alpha value is -3.08. The number of fused-ring (bicyclic) bond motifs is 1. The highest BCUT2D eigenvalue weighted by Crippen LogP contribution is 2.32. The number of aromatic amines is 1. The zero-order valence-electron chi connectivity index (χ0n) is 13.0. The standard InChI is InChI=1S/C19H17N3O2/c23-17-10-11-22(17)18(19(24)21-13-6-2-1-3-7-13)15-12-20-16-9-5-4-8-14(15)16/h1-9,12,18,20H,10-11H2,(H,21,24)/t18-/m1/s1. The number of carbonyl (C=O) groups is 2. The Morgan fingerprint density at radius 2 is 1.83 bits per heavy atom. The second-order valence-corrected chi connectivity index (χ2v) is 5.88. The van der Waals surface area contributed by atoms with Crippen LogP contribution in [0.3, 0.4) is 0 Å². The number of nitrogens with zero attached hydrogens (tertiary/aromatic N) is 1. The minimum absolute atomic E-state index is 0.00786. The van der Waals surface area contributed by atoms with E-state index in [0.717, 1.165) is 22.2 Å². The van der Waals surface area contributed by atoms with Gasteiger partial charge in [0, 0.05) is 41.3 Å². The summed E-state index contributed by atoms with van der Waals surface area (Å²) in [5.74, 6) is -0.188. The zero-order chi connectivity index (χ0) is 16.5. The number of benzene rings is 2. The van der Waals surface area contributed by atoms with Gasteiger partial charge < -0.3 is 15.2 Å². The number of para-hydroxylation sites is 2. The molecule has 2 N–H and O–H groups in total. The van der Waals surface area contributed by atoms with Gasteiger partial charge in [-0.2, -0.15) is 0 Å². The lowest BCUT2D eigenvalue weighted by molar-refractivity contribution is -0.147. The van der Waals surface area contributed by atoms with Crippen molar-refractivity contribution in [2.45, 2.75) is 12.5 Å². The third kappa shape index (κ3) is 2.44. The number of rotatable bonds is 4. The Balaban J connectivity index is 1.72. The van der Waals surface area contributed by atoms with Crippen molar-refractivity contribution in [3.05, 3.63) is 66.4 Å². The number of likely N-dealkylation sites (tertiary alicyclic amines) is 1. The fourth-order valence-electron chi connectivity index (χ4n) is 3.11. The molecule has 0 saturated carbocycles. The van der Waals surface area contributed by atoms with E-state index >= 15 is 0 Å². The predicted molar refractivity (Wildman–Crippen MR) is 92.4 cm³/mol. The lowest BCUT2D eigenvalue weighted by Gasteiger charge is -2.37. The molecule has 3 aromatic rings. The maximum atomic E-state index is 12.9. The molecule has 24 heavy (non-hydrogen) atoms. The van der Waals surface area contributed by atoms with Crippen LogP contribution in [0, 0.1) is 0 Å². The molecule has 0 aliphatic carbocycles. The van der Waals surface area contributed by atoms with Crippen LogP contribution in [0.15, 0.2) is 60.8 Å². The molecule has 1 aliphatic rings. The summed E-state index contributed by atoms with van der Waals surface area (Å²) in [6.45, 7) is 0.602. The first-order valence-electron chi connectivity index (χ1n) is 7.95. The van der Waals surface area contributed by atoms with E-state index < -0.39 is 6.04 Å². The maximum absolute atomic E-state index is 12.9. The molecular weight excluding hydrogens is 302 g/mol. The maximum Gasteiger partial charge on any atom is 0.251 e. The van der Waals surface area contributed by atoms with E-state index in [1.54, 1.807) is 4.90 Å². The third-order valence-corrected chi connectivity index (χ3v) is 4.40. The topological polar surface area (TPSA) is 65.2 Å². The van der Waals surface area contributed by atoms with Crippen molar-refractivity contribution < 1.29 is 9.59 Å². The minimum atomic E-state index is -0.623. The van der Waals surface area contributed by atoms with Crippen molar-refractivity contribution in [1.29, 1.82) is 0 Å². The number of H-pyrrole nitrogens is 1. The largest absolute Gasteiger partial charge is 0.361 e. The number of amides is 2. The first-order valence-corrected chi connectivity index (χ1v) is 7.95. The number of hydrogen-bond acceptors (Lipinski definition) is 2. The molecule has 0 unspecified atom stereocenters. The van der Waals surface area contributed by atoms with Crippen LogP contribution in [-0.2, 0) is 9.59 Å². The molecule has 2 amide bonds. The van der Waals surface area contributed by atoms with Crippen LogP contribution >= 0.6 is 0 Å². The average Bonchev–Trinajstić information content (AvgIpc) is 3.02. The van der Waals surface area contributed by atoms with Gasteiger partial charge in [-0.1, -0.05) is 36.4 Å².